The second-order valence-corrected chi connectivity index (χ2v) is 5.73. The maximum atomic E-state index is 12.4. The summed E-state index contributed by atoms with van der Waals surface area (Å²) in [6, 6.07) is 9.16. The summed E-state index contributed by atoms with van der Waals surface area (Å²) in [5.41, 5.74) is 1.31. The van der Waals surface area contributed by atoms with Gasteiger partial charge < -0.3 is 5.32 Å². The smallest absolute Gasteiger partial charge is 0.257 e. The minimum absolute atomic E-state index is 0.258. The SMILES string of the molecule is O=C(Nc1ncc(Br)nc1Br)c1ccnc2ccccc12. The molecule has 3 rings (SSSR count). The molecule has 5 nitrogen and oxygen atoms in total. The predicted octanol–water partition coefficient (Wildman–Crippen LogP) is 3.80. The number of para-hydroxylation sites is 1. The van der Waals surface area contributed by atoms with E-state index < -0.39 is 0 Å². The van der Waals surface area contributed by atoms with Gasteiger partial charge in [-0.3, -0.25) is 9.78 Å². The number of carbonyl (C=O) groups is 1. The van der Waals surface area contributed by atoms with Crippen molar-refractivity contribution in [2.24, 2.45) is 0 Å². The van der Waals surface area contributed by atoms with Crippen LogP contribution in [0.25, 0.3) is 10.9 Å². The van der Waals surface area contributed by atoms with Gasteiger partial charge in [0.1, 0.15) is 9.21 Å². The molecular weight excluding hydrogens is 400 g/mol. The highest BCUT2D eigenvalue weighted by atomic mass is 79.9. The molecule has 0 aliphatic rings. The number of aromatic nitrogens is 3. The van der Waals surface area contributed by atoms with E-state index in [-0.39, 0.29) is 5.91 Å². The molecule has 0 saturated heterocycles. The van der Waals surface area contributed by atoms with Gasteiger partial charge in [-0.1, -0.05) is 18.2 Å². The molecule has 0 saturated carbocycles. The maximum absolute atomic E-state index is 12.4. The number of anilines is 1. The summed E-state index contributed by atoms with van der Waals surface area (Å²) in [4.78, 5) is 24.9. The Morgan fingerprint density at radius 2 is 1.90 bits per heavy atom. The largest absolute Gasteiger partial charge is 0.304 e. The molecule has 7 heteroatoms. The number of hydrogen-bond donors (Lipinski definition) is 1. The number of pyridine rings is 1. The van der Waals surface area contributed by atoms with Gasteiger partial charge in [-0.05, 0) is 44.0 Å². The van der Waals surface area contributed by atoms with Crippen molar-refractivity contribution < 1.29 is 4.79 Å². The molecule has 1 N–H and O–H groups in total. The fourth-order valence-corrected chi connectivity index (χ4v) is 2.81. The van der Waals surface area contributed by atoms with Crippen LogP contribution in [0.3, 0.4) is 0 Å². The number of rotatable bonds is 2. The number of benzene rings is 1. The maximum Gasteiger partial charge on any atom is 0.257 e. The van der Waals surface area contributed by atoms with E-state index >= 15 is 0 Å². The number of halogens is 2. The summed E-state index contributed by atoms with van der Waals surface area (Å²) in [6.45, 7) is 0. The van der Waals surface area contributed by atoms with Gasteiger partial charge in [0.05, 0.1) is 17.3 Å². The summed E-state index contributed by atoms with van der Waals surface area (Å²) >= 11 is 6.48. The highest BCUT2D eigenvalue weighted by molar-refractivity contribution is 9.11. The van der Waals surface area contributed by atoms with Crippen molar-refractivity contribution in [3.05, 3.63) is 57.5 Å². The molecule has 2 heterocycles. The van der Waals surface area contributed by atoms with E-state index in [1.54, 1.807) is 12.3 Å². The first kappa shape index (κ1) is 14.1. The van der Waals surface area contributed by atoms with E-state index in [0.29, 0.717) is 20.6 Å². The zero-order valence-electron chi connectivity index (χ0n) is 10.5. The first-order valence-corrected chi connectivity index (χ1v) is 7.57. The lowest BCUT2D eigenvalue weighted by Crippen LogP contribution is -2.14. The quantitative estimate of drug-likeness (QED) is 0.701. The van der Waals surface area contributed by atoms with Crippen LogP contribution in [0.2, 0.25) is 0 Å². The third kappa shape index (κ3) is 2.93. The second kappa shape index (κ2) is 5.87. The molecule has 1 aromatic carbocycles. The second-order valence-electron chi connectivity index (χ2n) is 4.16. The van der Waals surface area contributed by atoms with Crippen molar-refractivity contribution >= 4 is 54.5 Å². The van der Waals surface area contributed by atoms with E-state index in [2.05, 4.69) is 52.1 Å². The molecule has 0 radical (unpaired) electrons. The fraction of sp³-hybridized carbons (Fsp3) is 0. The van der Waals surface area contributed by atoms with Gasteiger partial charge in [0, 0.05) is 11.6 Å². The van der Waals surface area contributed by atoms with Gasteiger partial charge in [0.2, 0.25) is 0 Å². The Bertz CT molecular complexity index is 833. The Hall–Kier alpha value is -1.86. The van der Waals surface area contributed by atoms with Crippen molar-refractivity contribution in [3.8, 4) is 0 Å². The Morgan fingerprint density at radius 3 is 2.71 bits per heavy atom. The zero-order valence-corrected chi connectivity index (χ0v) is 13.7. The van der Waals surface area contributed by atoms with Gasteiger partial charge >= 0.3 is 0 Å². The van der Waals surface area contributed by atoms with Crippen molar-refractivity contribution in [1.82, 2.24) is 15.0 Å². The minimum Gasteiger partial charge on any atom is -0.304 e. The molecule has 0 aliphatic heterocycles. The van der Waals surface area contributed by atoms with Gasteiger partial charge in [0.25, 0.3) is 5.91 Å². The third-order valence-electron chi connectivity index (χ3n) is 2.83. The summed E-state index contributed by atoms with van der Waals surface area (Å²) < 4.78 is 1.05. The fourth-order valence-electron chi connectivity index (χ4n) is 1.90. The molecule has 0 atom stereocenters. The number of nitrogens with one attached hydrogen (secondary N) is 1. The van der Waals surface area contributed by atoms with E-state index in [1.807, 2.05) is 24.3 Å². The molecule has 0 spiro atoms. The number of hydrogen-bond acceptors (Lipinski definition) is 4. The van der Waals surface area contributed by atoms with E-state index in [1.165, 1.54) is 6.20 Å². The molecule has 3 aromatic rings. The van der Waals surface area contributed by atoms with Crippen LogP contribution in [0.1, 0.15) is 10.4 Å². The molecule has 0 fully saturated rings. The van der Waals surface area contributed by atoms with Crippen LogP contribution in [0.5, 0.6) is 0 Å². The van der Waals surface area contributed by atoms with Crippen LogP contribution >= 0.6 is 31.9 Å². The van der Waals surface area contributed by atoms with Gasteiger partial charge in [-0.15, -0.1) is 0 Å². The number of carbonyl (C=O) groups excluding carboxylic acids is 1. The molecule has 0 unspecified atom stereocenters. The van der Waals surface area contributed by atoms with E-state index in [9.17, 15) is 4.79 Å². The average Bonchev–Trinajstić information content (AvgIpc) is 2.49. The van der Waals surface area contributed by atoms with Gasteiger partial charge in [0.15, 0.2) is 5.82 Å². The normalized spacial score (nSPS) is 10.6. The Morgan fingerprint density at radius 1 is 1.10 bits per heavy atom. The Labute approximate surface area is 137 Å². The molecule has 21 heavy (non-hydrogen) atoms. The lowest BCUT2D eigenvalue weighted by molar-refractivity contribution is 0.102. The monoisotopic (exact) mass is 406 g/mol. The van der Waals surface area contributed by atoms with Crippen LogP contribution in [0.15, 0.2) is 51.9 Å². The first-order chi connectivity index (χ1) is 10.1. The van der Waals surface area contributed by atoms with Crippen LogP contribution in [0, 0.1) is 0 Å². The lowest BCUT2D eigenvalue weighted by atomic mass is 10.1. The predicted molar refractivity (Wildman–Crippen MR) is 87.1 cm³/mol. The topological polar surface area (TPSA) is 67.8 Å². The summed E-state index contributed by atoms with van der Waals surface area (Å²) in [7, 11) is 0. The van der Waals surface area contributed by atoms with Crippen molar-refractivity contribution in [1.29, 1.82) is 0 Å². The van der Waals surface area contributed by atoms with Crippen molar-refractivity contribution in [3.63, 3.8) is 0 Å². The van der Waals surface area contributed by atoms with Gasteiger partial charge in [-0.2, -0.15) is 0 Å². The third-order valence-corrected chi connectivity index (χ3v) is 3.76. The first-order valence-electron chi connectivity index (χ1n) is 5.98. The molecule has 2 aromatic heterocycles. The standard InChI is InChI=1S/C14H8Br2N4O/c15-11-7-18-13(12(16)19-11)20-14(21)9-5-6-17-10-4-2-1-3-8(9)10/h1-7H,(H,18,20,21). The van der Waals surface area contributed by atoms with Crippen LogP contribution < -0.4 is 5.32 Å². The van der Waals surface area contributed by atoms with Crippen LogP contribution in [0.4, 0.5) is 5.82 Å². The highest BCUT2D eigenvalue weighted by Crippen LogP contribution is 2.22. The summed E-state index contributed by atoms with van der Waals surface area (Å²) in [5.74, 6) is 0.106. The van der Waals surface area contributed by atoms with Crippen LogP contribution in [-0.4, -0.2) is 20.9 Å². The Balaban J connectivity index is 1.97. The number of nitrogens with zero attached hydrogens (tertiary/aromatic N) is 3. The molecular formula is C14H8Br2N4O. The summed E-state index contributed by atoms with van der Waals surface area (Å²) in [6.07, 6.45) is 3.13. The van der Waals surface area contributed by atoms with Crippen molar-refractivity contribution in [2.45, 2.75) is 0 Å². The van der Waals surface area contributed by atoms with E-state index in [0.717, 1.165) is 10.9 Å². The highest BCUT2D eigenvalue weighted by Gasteiger charge is 2.13. The van der Waals surface area contributed by atoms with E-state index in [4.69, 9.17) is 0 Å². The van der Waals surface area contributed by atoms with Crippen molar-refractivity contribution in [2.75, 3.05) is 5.32 Å². The zero-order chi connectivity index (χ0) is 14.8. The molecule has 104 valence electrons. The van der Waals surface area contributed by atoms with Crippen LogP contribution in [-0.2, 0) is 0 Å². The number of fused-ring (bicyclic) bond motifs is 1. The summed E-state index contributed by atoms with van der Waals surface area (Å²) in [5, 5.41) is 3.53. The Kier molecular flexibility index (Phi) is 3.94. The average molecular weight is 408 g/mol. The molecule has 0 aliphatic carbocycles. The lowest BCUT2D eigenvalue weighted by Gasteiger charge is -2.08. The molecule has 0 bridgehead atoms. The molecule has 1 amide bonds. The van der Waals surface area contributed by atoms with Gasteiger partial charge in [-0.25, -0.2) is 9.97 Å². The minimum atomic E-state index is -0.258. The number of amides is 1.